The Bertz CT molecular complexity index is 1190. The lowest BCUT2D eigenvalue weighted by Gasteiger charge is -2.30. The molecule has 1 aliphatic heterocycles. The fourth-order valence-corrected chi connectivity index (χ4v) is 3.98. The van der Waals surface area contributed by atoms with Gasteiger partial charge in [0, 0.05) is 24.2 Å². The number of carbonyl (C=O) groups is 1. The number of aromatic amines is 1. The van der Waals surface area contributed by atoms with E-state index >= 15 is 0 Å². The number of benzene rings is 2. The Morgan fingerprint density at radius 1 is 1.22 bits per heavy atom. The first-order chi connectivity index (χ1) is 15.4. The highest BCUT2D eigenvalue weighted by Gasteiger charge is 2.21. The van der Waals surface area contributed by atoms with E-state index in [1.807, 2.05) is 17.0 Å². The molecule has 32 heavy (non-hydrogen) atoms. The molecule has 1 unspecified atom stereocenters. The first-order valence-electron chi connectivity index (χ1n) is 10.8. The van der Waals surface area contributed by atoms with Crippen molar-refractivity contribution in [1.82, 2.24) is 14.9 Å². The van der Waals surface area contributed by atoms with Crippen molar-refractivity contribution in [3.8, 4) is 34.0 Å². The van der Waals surface area contributed by atoms with E-state index in [0.29, 0.717) is 28.6 Å². The van der Waals surface area contributed by atoms with E-state index in [1.165, 1.54) is 0 Å². The van der Waals surface area contributed by atoms with Gasteiger partial charge in [0.05, 0.1) is 11.4 Å². The third kappa shape index (κ3) is 4.99. The molecule has 2 heterocycles. The summed E-state index contributed by atoms with van der Waals surface area (Å²) >= 11 is 0. The number of amides is 1. The number of hydrogen-bond donors (Lipinski definition) is 2. The van der Waals surface area contributed by atoms with Crippen LogP contribution in [0.3, 0.4) is 0 Å². The van der Waals surface area contributed by atoms with E-state index in [9.17, 15) is 14.7 Å². The van der Waals surface area contributed by atoms with Crippen LogP contribution in [0.4, 0.5) is 0 Å². The van der Waals surface area contributed by atoms with Crippen molar-refractivity contribution < 1.29 is 14.6 Å². The maximum absolute atomic E-state index is 12.5. The third-order valence-electron chi connectivity index (χ3n) is 5.75. The Morgan fingerprint density at radius 2 is 2.06 bits per heavy atom. The van der Waals surface area contributed by atoms with Crippen molar-refractivity contribution in [1.29, 1.82) is 0 Å². The molecular formula is C25H27N3O4. The average Bonchev–Trinajstić information content (AvgIpc) is 2.79. The van der Waals surface area contributed by atoms with Gasteiger partial charge < -0.3 is 19.7 Å². The number of aromatic hydroxyl groups is 1. The van der Waals surface area contributed by atoms with E-state index in [0.717, 1.165) is 37.1 Å². The third-order valence-corrected chi connectivity index (χ3v) is 5.75. The minimum absolute atomic E-state index is 0.00995. The van der Waals surface area contributed by atoms with Crippen LogP contribution >= 0.6 is 0 Å². The fourth-order valence-electron chi connectivity index (χ4n) is 3.98. The number of nitrogens with one attached hydrogen (secondary N) is 1. The summed E-state index contributed by atoms with van der Waals surface area (Å²) in [6.45, 7) is 5.50. The molecule has 2 aromatic carbocycles. The normalized spacial score (nSPS) is 16.1. The fraction of sp³-hybridized carbons (Fsp3) is 0.320. The van der Waals surface area contributed by atoms with E-state index in [4.69, 9.17) is 4.74 Å². The van der Waals surface area contributed by atoms with Gasteiger partial charge in [-0.3, -0.25) is 4.79 Å². The minimum Gasteiger partial charge on any atom is -0.508 e. The number of carbonyl (C=O) groups excluding carboxylic acids is 1. The summed E-state index contributed by atoms with van der Waals surface area (Å²) in [5, 5.41) is 9.76. The number of hydrogen-bond acceptors (Lipinski definition) is 5. The smallest absolute Gasteiger partial charge is 0.345 e. The highest BCUT2D eigenvalue weighted by Crippen LogP contribution is 2.27. The van der Waals surface area contributed by atoms with Gasteiger partial charge in [-0.1, -0.05) is 19.1 Å². The minimum atomic E-state index is -0.469. The van der Waals surface area contributed by atoms with Crippen molar-refractivity contribution in [3.05, 3.63) is 64.6 Å². The molecule has 1 aliphatic rings. The van der Waals surface area contributed by atoms with Crippen molar-refractivity contribution in [2.45, 2.75) is 26.7 Å². The predicted molar refractivity (Wildman–Crippen MR) is 123 cm³/mol. The van der Waals surface area contributed by atoms with Gasteiger partial charge in [-0.2, -0.15) is 4.98 Å². The molecule has 1 aromatic heterocycles. The number of aryl methyl sites for hydroxylation is 1. The molecule has 3 aromatic rings. The second-order valence-electron chi connectivity index (χ2n) is 8.39. The van der Waals surface area contributed by atoms with Crippen LogP contribution in [0.1, 0.15) is 25.3 Å². The van der Waals surface area contributed by atoms with Crippen LogP contribution in [0.25, 0.3) is 22.5 Å². The predicted octanol–water partition coefficient (Wildman–Crippen LogP) is 3.76. The quantitative estimate of drug-likeness (QED) is 0.639. The van der Waals surface area contributed by atoms with Crippen LogP contribution in [0, 0.1) is 12.8 Å². The van der Waals surface area contributed by atoms with Crippen LogP contribution in [-0.4, -0.2) is 45.6 Å². The lowest BCUT2D eigenvalue weighted by Crippen LogP contribution is -2.41. The topological polar surface area (TPSA) is 95.5 Å². The molecule has 0 aliphatic carbocycles. The first-order valence-corrected chi connectivity index (χ1v) is 10.8. The highest BCUT2D eigenvalue weighted by molar-refractivity contribution is 5.78. The monoisotopic (exact) mass is 433 g/mol. The second-order valence-corrected chi connectivity index (χ2v) is 8.39. The van der Waals surface area contributed by atoms with Crippen LogP contribution in [0.2, 0.25) is 0 Å². The maximum atomic E-state index is 12.5. The van der Waals surface area contributed by atoms with E-state index in [-0.39, 0.29) is 18.3 Å². The summed E-state index contributed by atoms with van der Waals surface area (Å²) in [5.41, 5.74) is 2.82. The summed E-state index contributed by atoms with van der Waals surface area (Å²) in [5.74, 6) is 1.26. The average molecular weight is 434 g/mol. The van der Waals surface area contributed by atoms with Crippen molar-refractivity contribution in [2.75, 3.05) is 19.7 Å². The molecule has 1 amide bonds. The zero-order chi connectivity index (χ0) is 22.7. The number of piperidine rings is 1. The standard InChI is InChI=1S/C25H27N3O4/c1-16-5-4-10-28(14-16)24(30)15-32-20-7-3-6-18(12-20)21-13-22(27-25(31)26-21)19-8-9-23(29)17(2)11-19/h3,6-9,11-13,16,29H,4-5,10,14-15H2,1-2H3,(H,26,27,31). The van der Waals surface area contributed by atoms with Crippen molar-refractivity contribution >= 4 is 5.91 Å². The SMILES string of the molecule is Cc1cc(-c2cc(-c3cccc(OCC(=O)N4CCCC(C)C4)c3)[nH]c(=O)n2)ccc1O. The molecule has 0 bridgehead atoms. The molecule has 1 fully saturated rings. The summed E-state index contributed by atoms with van der Waals surface area (Å²) in [6, 6.07) is 14.1. The number of rotatable bonds is 5. The molecule has 2 N–H and O–H groups in total. The first kappa shape index (κ1) is 21.6. The molecule has 166 valence electrons. The molecule has 1 saturated heterocycles. The summed E-state index contributed by atoms with van der Waals surface area (Å²) < 4.78 is 5.77. The van der Waals surface area contributed by atoms with E-state index in [2.05, 4.69) is 16.9 Å². The number of aromatic nitrogens is 2. The van der Waals surface area contributed by atoms with Crippen LogP contribution in [0.5, 0.6) is 11.5 Å². The Hall–Kier alpha value is -3.61. The molecule has 4 rings (SSSR count). The number of H-pyrrole nitrogens is 1. The number of phenolic OH excluding ortho intramolecular Hbond substituents is 1. The van der Waals surface area contributed by atoms with E-state index in [1.54, 1.807) is 43.3 Å². The largest absolute Gasteiger partial charge is 0.508 e. The van der Waals surface area contributed by atoms with Crippen molar-refractivity contribution in [3.63, 3.8) is 0 Å². The lowest BCUT2D eigenvalue weighted by atomic mass is 10.0. The number of nitrogens with zero attached hydrogens (tertiary/aromatic N) is 2. The van der Waals surface area contributed by atoms with E-state index < -0.39 is 5.69 Å². The number of phenols is 1. The molecule has 7 nitrogen and oxygen atoms in total. The lowest BCUT2D eigenvalue weighted by molar-refractivity contribution is -0.135. The van der Waals surface area contributed by atoms with Gasteiger partial charge in [0.15, 0.2) is 6.61 Å². The van der Waals surface area contributed by atoms with Gasteiger partial charge in [-0.05, 0) is 67.6 Å². The molecule has 0 radical (unpaired) electrons. The van der Waals surface area contributed by atoms with Gasteiger partial charge in [-0.25, -0.2) is 4.79 Å². The molecule has 0 saturated carbocycles. The van der Waals surface area contributed by atoms with Gasteiger partial charge in [-0.15, -0.1) is 0 Å². The Morgan fingerprint density at radius 3 is 2.84 bits per heavy atom. The highest BCUT2D eigenvalue weighted by atomic mass is 16.5. The van der Waals surface area contributed by atoms with Crippen LogP contribution < -0.4 is 10.4 Å². The zero-order valence-electron chi connectivity index (χ0n) is 18.3. The summed E-state index contributed by atoms with van der Waals surface area (Å²) in [7, 11) is 0. The van der Waals surface area contributed by atoms with Gasteiger partial charge in [0.25, 0.3) is 5.91 Å². The van der Waals surface area contributed by atoms with Crippen LogP contribution in [-0.2, 0) is 4.79 Å². The Balaban J connectivity index is 1.53. The van der Waals surface area contributed by atoms with Gasteiger partial charge in [0.2, 0.25) is 0 Å². The second kappa shape index (κ2) is 9.26. The summed E-state index contributed by atoms with van der Waals surface area (Å²) in [4.78, 5) is 33.4. The van der Waals surface area contributed by atoms with Gasteiger partial charge >= 0.3 is 5.69 Å². The van der Waals surface area contributed by atoms with Gasteiger partial charge in [0.1, 0.15) is 11.5 Å². The molecular weight excluding hydrogens is 406 g/mol. The Kier molecular flexibility index (Phi) is 6.25. The molecule has 1 atom stereocenters. The van der Waals surface area contributed by atoms with Crippen molar-refractivity contribution in [2.24, 2.45) is 5.92 Å². The zero-order valence-corrected chi connectivity index (χ0v) is 18.3. The Labute approximate surface area is 186 Å². The molecule has 7 heteroatoms. The number of ether oxygens (including phenoxy) is 1. The van der Waals surface area contributed by atoms with Crippen LogP contribution in [0.15, 0.2) is 53.3 Å². The number of likely N-dealkylation sites (tertiary alicyclic amines) is 1. The maximum Gasteiger partial charge on any atom is 0.345 e. The summed E-state index contributed by atoms with van der Waals surface area (Å²) in [6.07, 6.45) is 2.18. The molecule has 0 spiro atoms.